The van der Waals surface area contributed by atoms with Gasteiger partial charge in [0, 0.05) is 23.2 Å². The first-order chi connectivity index (χ1) is 9.60. The summed E-state index contributed by atoms with van der Waals surface area (Å²) in [4.78, 5) is 16.3. The molecule has 0 bridgehead atoms. The van der Waals surface area contributed by atoms with Crippen molar-refractivity contribution in [2.45, 2.75) is 39.8 Å². The molecule has 2 aromatic rings. The first kappa shape index (κ1) is 14.6. The molecule has 20 heavy (non-hydrogen) atoms. The Bertz CT molecular complexity index is 576. The van der Waals surface area contributed by atoms with Gasteiger partial charge in [0.2, 0.25) is 0 Å². The van der Waals surface area contributed by atoms with Crippen LogP contribution in [0.1, 0.15) is 41.4 Å². The van der Waals surface area contributed by atoms with Gasteiger partial charge in [-0.05, 0) is 26.3 Å². The summed E-state index contributed by atoms with van der Waals surface area (Å²) in [7, 11) is 0. The Morgan fingerprint density at radius 1 is 1.50 bits per heavy atom. The number of rotatable bonds is 5. The van der Waals surface area contributed by atoms with Gasteiger partial charge in [0.15, 0.2) is 0 Å². The number of urea groups is 1. The molecule has 0 fully saturated rings. The molecular weight excluding hydrogens is 274 g/mol. The van der Waals surface area contributed by atoms with Gasteiger partial charge in [-0.2, -0.15) is 0 Å². The number of carbonyl (C=O) groups excluding carboxylic acids is 1. The molecule has 2 heterocycles. The number of nitrogens with zero attached hydrogens (tertiary/aromatic N) is 1. The second kappa shape index (κ2) is 6.56. The average molecular weight is 293 g/mol. The number of amides is 2. The third-order valence-electron chi connectivity index (χ3n) is 3.05. The van der Waals surface area contributed by atoms with Gasteiger partial charge >= 0.3 is 6.03 Å². The zero-order chi connectivity index (χ0) is 14.5. The second-order valence-corrected chi connectivity index (χ2v) is 5.51. The number of furan rings is 1. The van der Waals surface area contributed by atoms with Crippen molar-refractivity contribution in [1.82, 2.24) is 15.6 Å². The third-order valence-corrected chi connectivity index (χ3v) is 4.13. The topological polar surface area (TPSA) is 67.2 Å². The molecular formula is C14H19N3O2S. The van der Waals surface area contributed by atoms with Crippen LogP contribution in [-0.4, -0.2) is 11.0 Å². The van der Waals surface area contributed by atoms with Crippen LogP contribution in [0.25, 0.3) is 0 Å². The molecule has 0 saturated carbocycles. The van der Waals surface area contributed by atoms with E-state index in [9.17, 15) is 4.79 Å². The molecule has 1 unspecified atom stereocenters. The number of thiazole rings is 1. The highest BCUT2D eigenvalue weighted by molar-refractivity contribution is 7.09. The minimum Gasteiger partial charge on any atom is -0.469 e. The van der Waals surface area contributed by atoms with E-state index in [1.165, 1.54) is 0 Å². The Balaban J connectivity index is 1.88. The van der Waals surface area contributed by atoms with E-state index in [-0.39, 0.29) is 12.1 Å². The first-order valence-electron chi connectivity index (χ1n) is 6.59. The smallest absolute Gasteiger partial charge is 0.315 e. The summed E-state index contributed by atoms with van der Waals surface area (Å²) < 4.78 is 5.19. The van der Waals surface area contributed by atoms with Crippen LogP contribution < -0.4 is 10.6 Å². The summed E-state index contributed by atoms with van der Waals surface area (Å²) >= 11 is 1.57. The summed E-state index contributed by atoms with van der Waals surface area (Å²) in [6.45, 7) is 6.32. The van der Waals surface area contributed by atoms with Crippen LogP contribution in [0.15, 0.2) is 22.1 Å². The number of hydrogen-bond acceptors (Lipinski definition) is 4. The third kappa shape index (κ3) is 3.60. The van der Waals surface area contributed by atoms with E-state index in [1.807, 2.05) is 32.2 Å². The molecule has 2 aromatic heterocycles. The summed E-state index contributed by atoms with van der Waals surface area (Å²) in [5, 5.41) is 8.72. The Kier molecular flexibility index (Phi) is 4.79. The molecule has 2 amide bonds. The van der Waals surface area contributed by atoms with Gasteiger partial charge in [-0.3, -0.25) is 0 Å². The maximum atomic E-state index is 11.9. The lowest BCUT2D eigenvalue weighted by molar-refractivity contribution is 0.236. The van der Waals surface area contributed by atoms with E-state index in [4.69, 9.17) is 4.42 Å². The summed E-state index contributed by atoms with van der Waals surface area (Å²) in [5.41, 5.74) is 1.97. The number of aryl methyl sites for hydroxylation is 2. The Morgan fingerprint density at radius 3 is 2.85 bits per heavy atom. The molecule has 0 aliphatic carbocycles. The van der Waals surface area contributed by atoms with Crippen molar-refractivity contribution in [3.8, 4) is 0 Å². The Morgan fingerprint density at radius 2 is 2.30 bits per heavy atom. The van der Waals surface area contributed by atoms with Gasteiger partial charge in [0.25, 0.3) is 0 Å². The van der Waals surface area contributed by atoms with Crippen molar-refractivity contribution in [3.63, 3.8) is 0 Å². The summed E-state index contributed by atoms with van der Waals surface area (Å²) in [5.74, 6) is 0.827. The van der Waals surface area contributed by atoms with E-state index in [1.54, 1.807) is 17.6 Å². The molecule has 0 aromatic carbocycles. The van der Waals surface area contributed by atoms with Gasteiger partial charge in [-0.15, -0.1) is 11.3 Å². The van der Waals surface area contributed by atoms with Crippen LogP contribution in [0.2, 0.25) is 0 Å². The highest BCUT2D eigenvalue weighted by atomic mass is 32.1. The van der Waals surface area contributed by atoms with E-state index in [0.717, 1.165) is 28.4 Å². The SMILES string of the molecule is CCC(NC(=O)NCc1ccoc1C)c1nc(C)cs1. The highest BCUT2D eigenvalue weighted by Crippen LogP contribution is 2.20. The number of nitrogens with one attached hydrogen (secondary N) is 2. The molecule has 2 N–H and O–H groups in total. The van der Waals surface area contributed by atoms with Crippen molar-refractivity contribution >= 4 is 17.4 Å². The van der Waals surface area contributed by atoms with Crippen LogP contribution in [-0.2, 0) is 6.54 Å². The molecule has 0 spiro atoms. The minimum absolute atomic E-state index is 0.0425. The fourth-order valence-corrected chi connectivity index (χ4v) is 2.78. The molecule has 0 aliphatic heterocycles. The van der Waals surface area contributed by atoms with Crippen molar-refractivity contribution < 1.29 is 9.21 Å². The van der Waals surface area contributed by atoms with Crippen LogP contribution >= 0.6 is 11.3 Å². The molecule has 108 valence electrons. The molecule has 1 atom stereocenters. The van der Waals surface area contributed by atoms with E-state index in [0.29, 0.717) is 6.54 Å². The zero-order valence-electron chi connectivity index (χ0n) is 11.9. The van der Waals surface area contributed by atoms with Crippen molar-refractivity contribution in [2.24, 2.45) is 0 Å². The predicted octanol–water partition coefficient (Wildman–Crippen LogP) is 3.30. The molecule has 0 radical (unpaired) electrons. The van der Waals surface area contributed by atoms with Gasteiger partial charge in [-0.25, -0.2) is 9.78 Å². The molecule has 0 saturated heterocycles. The molecule has 6 heteroatoms. The maximum Gasteiger partial charge on any atom is 0.315 e. The van der Waals surface area contributed by atoms with E-state index in [2.05, 4.69) is 15.6 Å². The highest BCUT2D eigenvalue weighted by Gasteiger charge is 2.15. The predicted molar refractivity (Wildman–Crippen MR) is 78.7 cm³/mol. The van der Waals surface area contributed by atoms with Gasteiger partial charge in [0.1, 0.15) is 10.8 Å². The lowest BCUT2D eigenvalue weighted by atomic mass is 10.2. The Labute approximate surface area is 122 Å². The quantitative estimate of drug-likeness (QED) is 0.888. The van der Waals surface area contributed by atoms with E-state index >= 15 is 0 Å². The lowest BCUT2D eigenvalue weighted by Crippen LogP contribution is -2.37. The summed E-state index contributed by atoms with van der Waals surface area (Å²) in [6.07, 6.45) is 2.43. The van der Waals surface area contributed by atoms with Gasteiger partial charge in [0.05, 0.1) is 12.3 Å². The van der Waals surface area contributed by atoms with Crippen LogP contribution in [0.3, 0.4) is 0 Å². The number of aromatic nitrogens is 1. The van der Waals surface area contributed by atoms with Crippen molar-refractivity contribution in [1.29, 1.82) is 0 Å². The average Bonchev–Trinajstić information content (AvgIpc) is 3.02. The van der Waals surface area contributed by atoms with E-state index < -0.39 is 0 Å². The van der Waals surface area contributed by atoms with Gasteiger partial charge < -0.3 is 15.1 Å². The second-order valence-electron chi connectivity index (χ2n) is 4.62. The zero-order valence-corrected chi connectivity index (χ0v) is 12.7. The molecule has 2 rings (SSSR count). The Hall–Kier alpha value is -1.82. The number of carbonyl (C=O) groups is 1. The lowest BCUT2D eigenvalue weighted by Gasteiger charge is -2.15. The molecule has 5 nitrogen and oxygen atoms in total. The largest absolute Gasteiger partial charge is 0.469 e. The van der Waals surface area contributed by atoms with Gasteiger partial charge in [-0.1, -0.05) is 6.92 Å². The van der Waals surface area contributed by atoms with Crippen molar-refractivity contribution in [2.75, 3.05) is 0 Å². The fourth-order valence-electron chi connectivity index (χ4n) is 1.85. The maximum absolute atomic E-state index is 11.9. The van der Waals surface area contributed by atoms with Crippen LogP contribution in [0, 0.1) is 13.8 Å². The number of hydrogen-bond donors (Lipinski definition) is 2. The summed E-state index contributed by atoms with van der Waals surface area (Å²) in [6, 6.07) is 1.63. The van der Waals surface area contributed by atoms with Crippen LogP contribution in [0.4, 0.5) is 4.79 Å². The minimum atomic E-state index is -0.190. The molecule has 0 aliphatic rings. The standard InChI is InChI=1S/C14H19N3O2S/c1-4-12(13-16-9(2)8-20-13)17-14(18)15-7-11-5-6-19-10(11)3/h5-6,8,12H,4,7H2,1-3H3,(H2,15,17,18). The van der Waals surface area contributed by atoms with Crippen molar-refractivity contribution in [3.05, 3.63) is 39.7 Å². The first-order valence-corrected chi connectivity index (χ1v) is 7.47. The van der Waals surface area contributed by atoms with Crippen LogP contribution in [0.5, 0.6) is 0 Å². The monoisotopic (exact) mass is 293 g/mol. The fraction of sp³-hybridized carbons (Fsp3) is 0.429. The normalized spacial score (nSPS) is 12.2.